The van der Waals surface area contributed by atoms with Gasteiger partial charge < -0.3 is 10.6 Å². The number of hydrogen-bond donors (Lipinski definition) is 1. The van der Waals surface area contributed by atoms with Gasteiger partial charge in [-0.3, -0.25) is 19.7 Å². The van der Waals surface area contributed by atoms with Crippen molar-refractivity contribution in [3.05, 3.63) is 33.9 Å². The molecule has 2 N–H and O–H groups in total. The molecule has 19 heavy (non-hydrogen) atoms. The van der Waals surface area contributed by atoms with E-state index in [1.54, 1.807) is 19.1 Å². The second-order valence-corrected chi connectivity index (χ2v) is 4.51. The smallest absolute Gasteiger partial charge is 0.295 e. The predicted octanol–water partition coefficient (Wildman–Crippen LogP) is 0.741. The van der Waals surface area contributed by atoms with Crippen LogP contribution < -0.4 is 10.6 Å². The number of anilines is 1. The predicted molar refractivity (Wildman–Crippen MR) is 67.5 cm³/mol. The van der Waals surface area contributed by atoms with Crippen molar-refractivity contribution in [3.8, 4) is 0 Å². The minimum atomic E-state index is -0.590. The molecule has 0 radical (unpaired) electrons. The first-order valence-electron chi connectivity index (χ1n) is 5.75. The number of aryl methyl sites for hydroxylation is 1. The van der Waals surface area contributed by atoms with E-state index in [9.17, 15) is 19.7 Å². The Morgan fingerprint density at radius 3 is 2.74 bits per heavy atom. The molecule has 7 nitrogen and oxygen atoms in total. The maximum absolute atomic E-state index is 11.9. The van der Waals surface area contributed by atoms with Crippen LogP contribution in [0.5, 0.6) is 0 Å². The van der Waals surface area contributed by atoms with Gasteiger partial charge in [-0.25, -0.2) is 0 Å². The number of nitro groups is 1. The fraction of sp³-hybridized carbons (Fsp3) is 0.333. The molecule has 1 unspecified atom stereocenters. The van der Waals surface area contributed by atoms with E-state index in [0.29, 0.717) is 5.56 Å². The molecule has 2 amide bonds. The lowest BCUT2D eigenvalue weighted by Crippen LogP contribution is -2.29. The van der Waals surface area contributed by atoms with Gasteiger partial charge in [-0.1, -0.05) is 12.1 Å². The number of para-hydroxylation sites is 1. The zero-order valence-corrected chi connectivity index (χ0v) is 10.3. The van der Waals surface area contributed by atoms with Gasteiger partial charge in [0, 0.05) is 18.5 Å². The molecule has 0 saturated carbocycles. The van der Waals surface area contributed by atoms with E-state index in [1.807, 2.05) is 0 Å². The van der Waals surface area contributed by atoms with Gasteiger partial charge in [0.1, 0.15) is 5.69 Å². The zero-order valence-electron chi connectivity index (χ0n) is 10.3. The van der Waals surface area contributed by atoms with Gasteiger partial charge >= 0.3 is 0 Å². The first kappa shape index (κ1) is 13.0. The molecule has 1 atom stereocenters. The molecule has 1 saturated heterocycles. The van der Waals surface area contributed by atoms with Gasteiger partial charge in [0.15, 0.2) is 0 Å². The fourth-order valence-electron chi connectivity index (χ4n) is 2.23. The van der Waals surface area contributed by atoms with Crippen LogP contribution in [0.25, 0.3) is 0 Å². The van der Waals surface area contributed by atoms with Crippen molar-refractivity contribution >= 4 is 23.2 Å². The molecule has 0 bridgehead atoms. The van der Waals surface area contributed by atoms with Crippen molar-refractivity contribution in [2.75, 3.05) is 11.4 Å². The number of nitro benzene ring substituents is 1. The molecule has 1 fully saturated rings. The van der Waals surface area contributed by atoms with Crippen LogP contribution in [-0.2, 0) is 9.59 Å². The Balaban J connectivity index is 2.43. The summed E-state index contributed by atoms with van der Waals surface area (Å²) in [6.45, 7) is 1.70. The first-order valence-corrected chi connectivity index (χ1v) is 5.75. The third-order valence-corrected chi connectivity index (χ3v) is 3.22. The Kier molecular flexibility index (Phi) is 3.20. The van der Waals surface area contributed by atoms with Crippen molar-refractivity contribution in [2.45, 2.75) is 13.3 Å². The Labute approximate surface area is 109 Å². The maximum atomic E-state index is 11.9. The van der Waals surface area contributed by atoms with Crippen molar-refractivity contribution in [1.29, 1.82) is 0 Å². The van der Waals surface area contributed by atoms with Crippen molar-refractivity contribution < 1.29 is 14.5 Å². The number of nitrogens with two attached hydrogens (primary N) is 1. The van der Waals surface area contributed by atoms with E-state index in [-0.39, 0.29) is 30.2 Å². The summed E-state index contributed by atoms with van der Waals surface area (Å²) in [5.74, 6) is -1.48. The van der Waals surface area contributed by atoms with E-state index in [4.69, 9.17) is 5.73 Å². The van der Waals surface area contributed by atoms with Gasteiger partial charge in [0.05, 0.1) is 10.8 Å². The molecule has 1 aromatic rings. The van der Waals surface area contributed by atoms with Crippen LogP contribution in [0.4, 0.5) is 11.4 Å². The molecule has 1 aliphatic heterocycles. The average molecular weight is 263 g/mol. The number of amides is 2. The summed E-state index contributed by atoms with van der Waals surface area (Å²) in [5.41, 5.74) is 5.76. The molecule has 100 valence electrons. The Morgan fingerprint density at radius 1 is 1.53 bits per heavy atom. The standard InChI is InChI=1S/C12H13N3O4/c1-7-3-2-4-9(11(7)15(18)19)14-6-8(12(13)17)5-10(14)16/h2-4,8H,5-6H2,1H3,(H2,13,17). The number of rotatable bonds is 3. The van der Waals surface area contributed by atoms with Gasteiger partial charge in [0.2, 0.25) is 11.8 Å². The first-order chi connectivity index (χ1) is 8.91. The number of primary amides is 1. The minimum Gasteiger partial charge on any atom is -0.369 e. The number of carbonyl (C=O) groups excluding carboxylic acids is 2. The van der Waals surface area contributed by atoms with E-state index < -0.39 is 16.7 Å². The molecule has 1 aromatic carbocycles. The van der Waals surface area contributed by atoms with Gasteiger partial charge in [0.25, 0.3) is 5.69 Å². The lowest BCUT2D eigenvalue weighted by molar-refractivity contribution is -0.384. The van der Waals surface area contributed by atoms with Crippen LogP contribution in [0.3, 0.4) is 0 Å². The lowest BCUT2D eigenvalue weighted by Gasteiger charge is -2.17. The second kappa shape index (κ2) is 4.68. The molecule has 0 aromatic heterocycles. The largest absolute Gasteiger partial charge is 0.369 e. The molecule has 2 rings (SSSR count). The number of nitrogens with zero attached hydrogens (tertiary/aromatic N) is 2. The minimum absolute atomic E-state index is 0.000426. The van der Waals surface area contributed by atoms with Crippen molar-refractivity contribution in [2.24, 2.45) is 11.7 Å². The highest BCUT2D eigenvalue weighted by Crippen LogP contribution is 2.34. The summed E-state index contributed by atoms with van der Waals surface area (Å²) in [5, 5.41) is 11.1. The van der Waals surface area contributed by atoms with E-state index >= 15 is 0 Å². The Morgan fingerprint density at radius 2 is 2.21 bits per heavy atom. The molecule has 0 spiro atoms. The Bertz CT molecular complexity index is 570. The summed E-state index contributed by atoms with van der Waals surface area (Å²) in [7, 11) is 0. The highest BCUT2D eigenvalue weighted by atomic mass is 16.6. The molecular weight excluding hydrogens is 250 g/mol. The molecule has 1 heterocycles. The van der Waals surface area contributed by atoms with Crippen LogP contribution in [0.15, 0.2) is 18.2 Å². The number of carbonyl (C=O) groups is 2. The average Bonchev–Trinajstić information content (AvgIpc) is 2.70. The van der Waals surface area contributed by atoms with Crippen LogP contribution in [0, 0.1) is 23.0 Å². The molecule has 1 aliphatic rings. The van der Waals surface area contributed by atoms with E-state index in [0.717, 1.165) is 0 Å². The fourth-order valence-corrected chi connectivity index (χ4v) is 2.23. The summed E-state index contributed by atoms with van der Waals surface area (Å²) in [4.78, 5) is 34.8. The van der Waals surface area contributed by atoms with Crippen molar-refractivity contribution in [3.63, 3.8) is 0 Å². The third-order valence-electron chi connectivity index (χ3n) is 3.22. The quantitative estimate of drug-likeness (QED) is 0.641. The van der Waals surface area contributed by atoms with Gasteiger partial charge in [-0.2, -0.15) is 0 Å². The third kappa shape index (κ3) is 2.26. The van der Waals surface area contributed by atoms with E-state index in [2.05, 4.69) is 0 Å². The van der Waals surface area contributed by atoms with E-state index in [1.165, 1.54) is 11.0 Å². The van der Waals surface area contributed by atoms with Gasteiger partial charge in [-0.15, -0.1) is 0 Å². The summed E-state index contributed by atoms with van der Waals surface area (Å²) < 4.78 is 0. The second-order valence-electron chi connectivity index (χ2n) is 4.51. The summed E-state index contributed by atoms with van der Waals surface area (Å²) in [6.07, 6.45) is 0.000426. The normalized spacial score (nSPS) is 18.7. The SMILES string of the molecule is Cc1cccc(N2CC(C(N)=O)CC2=O)c1[N+](=O)[O-]. The molecule has 0 aliphatic carbocycles. The maximum Gasteiger partial charge on any atom is 0.295 e. The lowest BCUT2D eigenvalue weighted by atomic mass is 10.1. The van der Waals surface area contributed by atoms with Crippen LogP contribution in [0.2, 0.25) is 0 Å². The highest BCUT2D eigenvalue weighted by Gasteiger charge is 2.37. The molecular formula is C12H13N3O4. The van der Waals surface area contributed by atoms with Crippen LogP contribution in [-0.4, -0.2) is 23.3 Å². The number of hydrogen-bond acceptors (Lipinski definition) is 4. The Hall–Kier alpha value is -2.44. The summed E-state index contributed by atoms with van der Waals surface area (Å²) in [6, 6.07) is 4.75. The van der Waals surface area contributed by atoms with Crippen LogP contribution >= 0.6 is 0 Å². The summed E-state index contributed by atoms with van der Waals surface area (Å²) >= 11 is 0. The highest BCUT2D eigenvalue weighted by molar-refractivity contribution is 6.01. The number of benzene rings is 1. The monoisotopic (exact) mass is 263 g/mol. The molecule has 7 heteroatoms. The van der Waals surface area contributed by atoms with Crippen LogP contribution in [0.1, 0.15) is 12.0 Å². The van der Waals surface area contributed by atoms with Crippen molar-refractivity contribution in [1.82, 2.24) is 0 Å². The van der Waals surface area contributed by atoms with Gasteiger partial charge in [-0.05, 0) is 13.0 Å². The topological polar surface area (TPSA) is 107 Å². The zero-order chi connectivity index (χ0) is 14.2.